The predicted octanol–water partition coefficient (Wildman–Crippen LogP) is 10.7. The van der Waals surface area contributed by atoms with E-state index in [4.69, 9.17) is 15.0 Å². The molecule has 0 bridgehead atoms. The van der Waals surface area contributed by atoms with Gasteiger partial charge in [0, 0.05) is 53.2 Å². The molecule has 11 rings (SSSR count). The zero-order valence-electron chi connectivity index (χ0n) is 33.9. The molecule has 10 N–H and O–H groups in total. The molecule has 11 aromatic rings. The smallest absolute Gasteiger partial charge is 0.208 e. The van der Waals surface area contributed by atoms with Gasteiger partial charge in [0.25, 0.3) is 0 Å². The van der Waals surface area contributed by atoms with Crippen LogP contribution in [0.3, 0.4) is 0 Å². The van der Waals surface area contributed by atoms with Crippen molar-refractivity contribution in [3.63, 3.8) is 0 Å². The Morgan fingerprint density at radius 2 is 0.879 bits per heavy atom. The third-order valence-electron chi connectivity index (χ3n) is 11.7. The van der Waals surface area contributed by atoms with Crippen LogP contribution in [-0.2, 0) is 0 Å². The second kappa shape index (κ2) is 14.7. The SMILES string of the molecule is Oc1c(O)c(O)c(-c2cc(-c3c(O)c(O)c(O)c(O)c3O)c3c(c2)c2ccccc2n3-c2cccc3sc4cc(-c5nc(-c6ccccc6)nc(-c6ccccc6)n5)ccc4c23)c(O)c1O. The van der Waals surface area contributed by atoms with Crippen molar-refractivity contribution >= 4 is 53.3 Å². The summed E-state index contributed by atoms with van der Waals surface area (Å²) < 4.78 is 3.63. The molecule has 14 nitrogen and oxygen atoms in total. The van der Waals surface area contributed by atoms with Gasteiger partial charge in [0.2, 0.25) is 34.5 Å². The summed E-state index contributed by atoms with van der Waals surface area (Å²) >= 11 is 1.53. The van der Waals surface area contributed by atoms with E-state index in [0.29, 0.717) is 39.4 Å². The van der Waals surface area contributed by atoms with E-state index in [0.717, 1.165) is 36.9 Å². The maximum atomic E-state index is 11.5. The number of thiophene rings is 1. The molecule has 3 heterocycles. The second-order valence-electron chi connectivity index (χ2n) is 15.5. The molecule has 322 valence electrons. The lowest BCUT2D eigenvalue weighted by atomic mass is 9.92. The van der Waals surface area contributed by atoms with Gasteiger partial charge in [-0.25, -0.2) is 15.0 Å². The number of hydrogen-bond acceptors (Lipinski definition) is 14. The molecule has 0 aliphatic rings. The predicted molar refractivity (Wildman–Crippen MR) is 251 cm³/mol. The van der Waals surface area contributed by atoms with Crippen LogP contribution in [0.4, 0.5) is 0 Å². The van der Waals surface area contributed by atoms with Gasteiger partial charge in [-0.2, -0.15) is 0 Å². The van der Waals surface area contributed by atoms with Gasteiger partial charge in [-0.1, -0.05) is 97.1 Å². The van der Waals surface area contributed by atoms with E-state index in [1.807, 2.05) is 108 Å². The fourth-order valence-electron chi connectivity index (χ4n) is 8.65. The zero-order chi connectivity index (χ0) is 45.7. The van der Waals surface area contributed by atoms with Crippen LogP contribution in [0.5, 0.6) is 57.5 Å². The first-order chi connectivity index (χ1) is 31.9. The highest BCUT2D eigenvalue weighted by atomic mass is 32.1. The lowest BCUT2D eigenvalue weighted by molar-refractivity contribution is 0.330. The maximum Gasteiger partial charge on any atom is 0.208 e. The third kappa shape index (κ3) is 5.84. The normalized spacial score (nSPS) is 11.6. The highest BCUT2D eigenvalue weighted by Gasteiger charge is 2.31. The van der Waals surface area contributed by atoms with Gasteiger partial charge in [-0.15, -0.1) is 11.3 Å². The molecule has 0 spiro atoms. The van der Waals surface area contributed by atoms with Crippen molar-refractivity contribution in [3.05, 3.63) is 133 Å². The van der Waals surface area contributed by atoms with Gasteiger partial charge in [-0.05, 0) is 42.0 Å². The Morgan fingerprint density at radius 1 is 0.364 bits per heavy atom. The van der Waals surface area contributed by atoms with Gasteiger partial charge < -0.3 is 55.6 Å². The number of phenolic OH excluding ortho intramolecular Hbond substituents is 10. The summed E-state index contributed by atoms with van der Waals surface area (Å²) in [7, 11) is 0. The minimum Gasteiger partial charge on any atom is -0.504 e. The van der Waals surface area contributed by atoms with E-state index in [-0.39, 0.29) is 16.6 Å². The van der Waals surface area contributed by atoms with Crippen molar-refractivity contribution in [1.82, 2.24) is 19.5 Å². The summed E-state index contributed by atoms with van der Waals surface area (Å²) in [6.07, 6.45) is 0. The summed E-state index contributed by atoms with van der Waals surface area (Å²) in [5, 5.41) is 111. The van der Waals surface area contributed by atoms with Crippen LogP contribution in [0.1, 0.15) is 0 Å². The lowest BCUT2D eigenvalue weighted by Crippen LogP contribution is -2.00. The standard InChI is InChI=1S/C51H32N4O10S/c56-39-35(40(57)44(61)47(64)43(39)60)26-20-29-27-14-7-8-15-31(27)55(38(29)30(21-26)37-41(58)45(62)48(65)46(63)42(37)59)32-16-9-17-33-36(32)28-19-18-25(22-34(28)66-33)51-53-49(23-10-3-1-4-11-23)52-50(54-51)24-12-5-2-6-13-24/h1-22,56-65H. The Hall–Kier alpha value is -9.21. The van der Waals surface area contributed by atoms with Crippen molar-refractivity contribution in [2.45, 2.75) is 0 Å². The van der Waals surface area contributed by atoms with Crippen molar-refractivity contribution in [2.24, 2.45) is 0 Å². The van der Waals surface area contributed by atoms with E-state index in [1.165, 1.54) is 23.5 Å². The van der Waals surface area contributed by atoms with Crippen LogP contribution in [0.15, 0.2) is 133 Å². The van der Waals surface area contributed by atoms with Gasteiger partial charge in [0.1, 0.15) is 0 Å². The fourth-order valence-corrected chi connectivity index (χ4v) is 9.82. The molecule has 0 atom stereocenters. The number of aromatic nitrogens is 4. The van der Waals surface area contributed by atoms with Gasteiger partial charge in [-0.3, -0.25) is 0 Å². The van der Waals surface area contributed by atoms with Crippen LogP contribution >= 0.6 is 11.3 Å². The first-order valence-electron chi connectivity index (χ1n) is 20.2. The Balaban J connectivity index is 1.20. The summed E-state index contributed by atoms with van der Waals surface area (Å²) in [5.74, 6) is -9.55. The highest BCUT2D eigenvalue weighted by molar-refractivity contribution is 7.26. The number of hydrogen-bond donors (Lipinski definition) is 10. The van der Waals surface area contributed by atoms with Crippen LogP contribution in [0.2, 0.25) is 0 Å². The van der Waals surface area contributed by atoms with Crippen molar-refractivity contribution in [2.75, 3.05) is 0 Å². The number of nitrogens with zero attached hydrogens (tertiary/aromatic N) is 4. The molecule has 15 heteroatoms. The van der Waals surface area contributed by atoms with Crippen molar-refractivity contribution in [3.8, 4) is 120 Å². The molecule has 0 unspecified atom stereocenters. The van der Waals surface area contributed by atoms with Crippen molar-refractivity contribution in [1.29, 1.82) is 0 Å². The number of benzene rings is 8. The molecule has 0 saturated heterocycles. The molecule has 0 radical (unpaired) electrons. The molecule has 0 saturated carbocycles. The molecule has 0 aliphatic carbocycles. The molecule has 0 aliphatic heterocycles. The Labute approximate surface area is 375 Å². The van der Waals surface area contributed by atoms with Gasteiger partial charge in [0.05, 0.1) is 27.8 Å². The number of aromatic hydroxyl groups is 10. The fraction of sp³-hybridized carbons (Fsp3) is 0. The van der Waals surface area contributed by atoms with Crippen molar-refractivity contribution < 1.29 is 51.1 Å². The summed E-state index contributed by atoms with van der Waals surface area (Å²) in [6.45, 7) is 0. The molecule has 0 fully saturated rings. The largest absolute Gasteiger partial charge is 0.504 e. The van der Waals surface area contributed by atoms with Crippen LogP contribution in [-0.4, -0.2) is 70.6 Å². The van der Waals surface area contributed by atoms with Crippen LogP contribution in [0.25, 0.3) is 104 Å². The second-order valence-corrected chi connectivity index (χ2v) is 16.6. The zero-order valence-corrected chi connectivity index (χ0v) is 34.7. The van der Waals surface area contributed by atoms with Crippen LogP contribution in [0, 0.1) is 0 Å². The Morgan fingerprint density at radius 3 is 1.47 bits per heavy atom. The first kappa shape index (κ1) is 39.6. The minimum atomic E-state index is -1.19. The monoisotopic (exact) mass is 892 g/mol. The van der Waals surface area contributed by atoms with E-state index >= 15 is 0 Å². The molecular weight excluding hydrogens is 861 g/mol. The summed E-state index contributed by atoms with van der Waals surface area (Å²) in [4.78, 5) is 14.7. The maximum absolute atomic E-state index is 11.5. The molecule has 3 aromatic heterocycles. The van der Waals surface area contributed by atoms with Gasteiger partial charge >= 0.3 is 0 Å². The third-order valence-corrected chi connectivity index (χ3v) is 12.9. The molecule has 0 amide bonds. The molecule has 8 aromatic carbocycles. The minimum absolute atomic E-state index is 0.109. The number of para-hydroxylation sites is 1. The highest BCUT2D eigenvalue weighted by Crippen LogP contribution is 2.59. The Kier molecular flexibility index (Phi) is 8.82. The average molecular weight is 893 g/mol. The van der Waals surface area contributed by atoms with E-state index in [2.05, 4.69) is 0 Å². The van der Waals surface area contributed by atoms with Gasteiger partial charge in [0.15, 0.2) is 40.5 Å². The quantitative estimate of drug-likeness (QED) is 0.0552. The molecular formula is C51H32N4O10S. The summed E-state index contributed by atoms with van der Waals surface area (Å²) in [5.41, 5.74) is 2.59. The number of fused-ring (bicyclic) bond motifs is 6. The summed E-state index contributed by atoms with van der Waals surface area (Å²) in [6, 6.07) is 41.0. The lowest BCUT2D eigenvalue weighted by Gasteiger charge is -2.18. The Bertz CT molecular complexity index is 3720. The molecule has 66 heavy (non-hydrogen) atoms. The van der Waals surface area contributed by atoms with E-state index in [9.17, 15) is 51.1 Å². The number of rotatable bonds is 6. The average Bonchev–Trinajstić information content (AvgIpc) is 3.90. The first-order valence-corrected chi connectivity index (χ1v) is 21.0. The number of phenols is 10. The topological polar surface area (TPSA) is 246 Å². The van der Waals surface area contributed by atoms with E-state index < -0.39 is 68.6 Å². The van der Waals surface area contributed by atoms with E-state index in [1.54, 1.807) is 18.2 Å². The van der Waals surface area contributed by atoms with Crippen LogP contribution < -0.4 is 0 Å².